The molecule has 11 heteroatoms. The molecule has 0 saturated carbocycles. The maximum absolute atomic E-state index is 12.8. The molecule has 0 unspecified atom stereocenters. The van der Waals surface area contributed by atoms with Crippen LogP contribution in [-0.4, -0.2) is 43.8 Å². The summed E-state index contributed by atoms with van der Waals surface area (Å²) in [7, 11) is -2.26. The van der Waals surface area contributed by atoms with Gasteiger partial charge in [-0.3, -0.25) is 14.9 Å². The number of nitrogens with two attached hydrogens (primary N) is 1. The molecular weight excluding hydrogens is 412 g/mol. The molecule has 0 saturated heterocycles. The van der Waals surface area contributed by atoms with Crippen molar-refractivity contribution in [2.75, 3.05) is 25.5 Å². The van der Waals surface area contributed by atoms with E-state index in [-0.39, 0.29) is 22.7 Å². The van der Waals surface area contributed by atoms with Crippen molar-refractivity contribution in [3.05, 3.63) is 57.6 Å². The standard InChI is InChI=1S/C19H24N4O6S/c1-4-22(5-2)30(27,28)15-8-9-18(29-3)16(11-15)21-12-14-7-6-13(19(20)24)10-17(14)23(25)26/h6-11,21H,4-5,12H2,1-3H3,(H2,20,24). The van der Waals surface area contributed by atoms with Gasteiger partial charge in [-0.1, -0.05) is 13.8 Å². The van der Waals surface area contributed by atoms with Crippen molar-refractivity contribution in [2.24, 2.45) is 5.73 Å². The van der Waals surface area contributed by atoms with Crippen LogP contribution in [0.15, 0.2) is 41.3 Å². The topological polar surface area (TPSA) is 145 Å². The Morgan fingerprint density at radius 3 is 2.40 bits per heavy atom. The van der Waals surface area contributed by atoms with E-state index < -0.39 is 20.9 Å². The number of methoxy groups -OCH3 is 1. The first-order chi connectivity index (χ1) is 14.1. The number of primary amides is 1. The lowest BCUT2D eigenvalue weighted by Gasteiger charge is -2.20. The summed E-state index contributed by atoms with van der Waals surface area (Å²) in [5.41, 5.74) is 5.59. The molecule has 0 aliphatic heterocycles. The highest BCUT2D eigenvalue weighted by Gasteiger charge is 2.23. The number of anilines is 1. The van der Waals surface area contributed by atoms with Crippen LogP contribution >= 0.6 is 0 Å². The van der Waals surface area contributed by atoms with Gasteiger partial charge >= 0.3 is 0 Å². The molecule has 2 rings (SSSR count). The molecule has 0 aliphatic rings. The number of carbonyl (C=O) groups excluding carboxylic acids is 1. The minimum atomic E-state index is -3.69. The van der Waals surface area contributed by atoms with Gasteiger partial charge in [0, 0.05) is 36.8 Å². The number of nitrogens with zero attached hydrogens (tertiary/aromatic N) is 2. The number of nitro groups is 1. The van der Waals surface area contributed by atoms with Gasteiger partial charge in [-0.05, 0) is 30.3 Å². The smallest absolute Gasteiger partial charge is 0.275 e. The average Bonchev–Trinajstić information content (AvgIpc) is 2.72. The quantitative estimate of drug-likeness (QED) is 0.429. The third kappa shape index (κ3) is 4.86. The van der Waals surface area contributed by atoms with Gasteiger partial charge in [0.05, 0.1) is 22.6 Å². The Kier molecular flexibility index (Phi) is 7.35. The van der Waals surface area contributed by atoms with Crippen LogP contribution in [0.25, 0.3) is 0 Å². The zero-order valence-corrected chi connectivity index (χ0v) is 17.7. The van der Waals surface area contributed by atoms with Gasteiger partial charge in [0.1, 0.15) is 5.75 Å². The van der Waals surface area contributed by atoms with Crippen LogP contribution in [0.5, 0.6) is 5.75 Å². The highest BCUT2D eigenvalue weighted by molar-refractivity contribution is 7.89. The predicted octanol–water partition coefficient (Wildman–Crippen LogP) is 2.34. The van der Waals surface area contributed by atoms with E-state index in [0.717, 1.165) is 6.07 Å². The van der Waals surface area contributed by atoms with Crippen molar-refractivity contribution in [1.29, 1.82) is 0 Å². The second kappa shape index (κ2) is 9.55. The van der Waals surface area contributed by atoms with E-state index in [0.29, 0.717) is 30.1 Å². The summed E-state index contributed by atoms with van der Waals surface area (Å²) >= 11 is 0. The van der Waals surface area contributed by atoms with Gasteiger partial charge in [0.2, 0.25) is 15.9 Å². The monoisotopic (exact) mass is 436 g/mol. The van der Waals surface area contributed by atoms with Gasteiger partial charge in [0.25, 0.3) is 5.69 Å². The molecule has 2 aromatic carbocycles. The third-order valence-corrected chi connectivity index (χ3v) is 6.60. The predicted molar refractivity (Wildman–Crippen MR) is 112 cm³/mol. The second-order valence-corrected chi connectivity index (χ2v) is 8.21. The summed E-state index contributed by atoms with van der Waals surface area (Å²) in [5, 5.41) is 14.4. The Hall–Kier alpha value is -3.18. The maximum Gasteiger partial charge on any atom is 0.275 e. The van der Waals surface area contributed by atoms with Crippen molar-refractivity contribution >= 4 is 27.3 Å². The summed E-state index contributed by atoms with van der Waals surface area (Å²) in [6.45, 7) is 4.15. The summed E-state index contributed by atoms with van der Waals surface area (Å²) in [6.07, 6.45) is 0. The molecule has 0 aliphatic carbocycles. The molecule has 0 atom stereocenters. The van der Waals surface area contributed by atoms with Gasteiger partial charge < -0.3 is 15.8 Å². The number of carbonyl (C=O) groups is 1. The summed E-state index contributed by atoms with van der Waals surface area (Å²) in [5.74, 6) is -0.390. The molecule has 0 heterocycles. The van der Waals surface area contributed by atoms with Crippen molar-refractivity contribution in [3.63, 3.8) is 0 Å². The van der Waals surface area contributed by atoms with Crippen molar-refractivity contribution < 1.29 is 22.9 Å². The lowest BCUT2D eigenvalue weighted by Crippen LogP contribution is -2.30. The zero-order chi connectivity index (χ0) is 22.5. The largest absolute Gasteiger partial charge is 0.495 e. The summed E-state index contributed by atoms with van der Waals surface area (Å²) in [4.78, 5) is 22.1. The fourth-order valence-corrected chi connectivity index (χ4v) is 4.41. The fourth-order valence-electron chi connectivity index (χ4n) is 2.93. The van der Waals surface area contributed by atoms with Crippen LogP contribution in [0.1, 0.15) is 29.8 Å². The van der Waals surface area contributed by atoms with Gasteiger partial charge in [0.15, 0.2) is 0 Å². The number of rotatable bonds is 10. The lowest BCUT2D eigenvalue weighted by atomic mass is 10.1. The Bertz CT molecular complexity index is 1050. The van der Waals surface area contributed by atoms with Crippen LogP contribution < -0.4 is 15.8 Å². The number of hydrogen-bond acceptors (Lipinski definition) is 7. The van der Waals surface area contributed by atoms with E-state index >= 15 is 0 Å². The van der Waals surface area contributed by atoms with Crippen LogP contribution in [-0.2, 0) is 16.6 Å². The van der Waals surface area contributed by atoms with E-state index in [1.165, 1.54) is 41.7 Å². The van der Waals surface area contributed by atoms with E-state index in [9.17, 15) is 23.3 Å². The molecule has 2 aromatic rings. The molecule has 30 heavy (non-hydrogen) atoms. The van der Waals surface area contributed by atoms with E-state index in [1.54, 1.807) is 13.8 Å². The maximum atomic E-state index is 12.8. The number of hydrogen-bond donors (Lipinski definition) is 2. The normalized spacial score (nSPS) is 11.3. The number of benzene rings is 2. The molecule has 0 radical (unpaired) electrons. The molecule has 10 nitrogen and oxygen atoms in total. The highest BCUT2D eigenvalue weighted by Crippen LogP contribution is 2.30. The molecule has 1 amide bonds. The minimum absolute atomic E-state index is 0.000482. The van der Waals surface area contributed by atoms with E-state index in [2.05, 4.69) is 5.32 Å². The number of nitrogens with one attached hydrogen (secondary N) is 1. The van der Waals surface area contributed by atoms with Crippen molar-refractivity contribution in [1.82, 2.24) is 4.31 Å². The van der Waals surface area contributed by atoms with Crippen molar-refractivity contribution in [2.45, 2.75) is 25.3 Å². The summed E-state index contributed by atoms with van der Waals surface area (Å²) < 4.78 is 32.2. The average molecular weight is 436 g/mol. The molecule has 0 bridgehead atoms. The van der Waals surface area contributed by atoms with Gasteiger partial charge in [-0.25, -0.2) is 8.42 Å². The van der Waals surface area contributed by atoms with E-state index in [4.69, 9.17) is 10.5 Å². The molecular formula is C19H24N4O6S. The SMILES string of the molecule is CCN(CC)S(=O)(=O)c1ccc(OC)c(NCc2ccc(C(N)=O)cc2[N+](=O)[O-])c1. The van der Waals surface area contributed by atoms with E-state index in [1.807, 2.05) is 0 Å². The first-order valence-electron chi connectivity index (χ1n) is 9.14. The van der Waals surface area contributed by atoms with Crippen LogP contribution in [0.3, 0.4) is 0 Å². The first kappa shape index (κ1) is 23.1. The third-order valence-electron chi connectivity index (χ3n) is 4.55. The van der Waals surface area contributed by atoms with Crippen molar-refractivity contribution in [3.8, 4) is 5.75 Å². The molecule has 0 spiro atoms. The van der Waals surface area contributed by atoms with Gasteiger partial charge in [-0.15, -0.1) is 0 Å². The Morgan fingerprint density at radius 1 is 1.20 bits per heavy atom. The number of nitro benzene ring substituents is 1. The van der Waals surface area contributed by atoms with Crippen LogP contribution in [0.4, 0.5) is 11.4 Å². The Balaban J connectivity index is 2.39. The molecule has 162 valence electrons. The van der Waals surface area contributed by atoms with Crippen LogP contribution in [0.2, 0.25) is 0 Å². The van der Waals surface area contributed by atoms with Crippen LogP contribution in [0, 0.1) is 10.1 Å². The lowest BCUT2D eigenvalue weighted by molar-refractivity contribution is -0.385. The molecule has 3 N–H and O–H groups in total. The number of sulfonamides is 1. The Labute approximate surface area is 174 Å². The molecule has 0 aromatic heterocycles. The zero-order valence-electron chi connectivity index (χ0n) is 16.9. The fraction of sp³-hybridized carbons (Fsp3) is 0.316. The second-order valence-electron chi connectivity index (χ2n) is 6.27. The first-order valence-corrected chi connectivity index (χ1v) is 10.6. The minimum Gasteiger partial charge on any atom is -0.495 e. The Morgan fingerprint density at radius 2 is 1.87 bits per heavy atom. The number of amides is 1. The highest BCUT2D eigenvalue weighted by atomic mass is 32.2. The van der Waals surface area contributed by atoms with Gasteiger partial charge in [-0.2, -0.15) is 4.31 Å². The number of ether oxygens (including phenoxy) is 1. The molecule has 0 fully saturated rings. The summed E-state index contributed by atoms with van der Waals surface area (Å²) in [6, 6.07) is 8.32.